The zero-order valence-electron chi connectivity index (χ0n) is 14.9. The van der Waals surface area contributed by atoms with Gasteiger partial charge in [0.1, 0.15) is 23.8 Å². The van der Waals surface area contributed by atoms with Crippen LogP contribution >= 0.6 is 0 Å². The molecule has 0 aromatic rings. The molecule has 1 aliphatic heterocycles. The SMILES string of the molecule is CC(O)[C@@H]1C(=O)N(CC(=O)OC(C)(C)C)[C@H]1C(=O)OC(C)(C)C. The molecule has 1 N–H and O–H groups in total. The Balaban J connectivity index is 2.86. The van der Waals surface area contributed by atoms with Gasteiger partial charge in [-0.1, -0.05) is 0 Å². The van der Waals surface area contributed by atoms with Crippen molar-refractivity contribution in [3.05, 3.63) is 0 Å². The summed E-state index contributed by atoms with van der Waals surface area (Å²) >= 11 is 0. The van der Waals surface area contributed by atoms with Crippen LogP contribution in [0.15, 0.2) is 0 Å². The highest BCUT2D eigenvalue weighted by atomic mass is 16.6. The number of carbonyl (C=O) groups is 3. The number of β-lactam (4-membered cyclic amide) rings is 1. The van der Waals surface area contributed by atoms with Crippen LogP contribution in [0.3, 0.4) is 0 Å². The molecule has 3 atom stereocenters. The highest BCUT2D eigenvalue weighted by Gasteiger charge is 2.55. The minimum absolute atomic E-state index is 0.344. The Morgan fingerprint density at radius 1 is 1.13 bits per heavy atom. The molecule has 1 fully saturated rings. The molecule has 0 radical (unpaired) electrons. The molecule has 132 valence electrons. The van der Waals surface area contributed by atoms with Crippen LogP contribution in [0.1, 0.15) is 48.5 Å². The summed E-state index contributed by atoms with van der Waals surface area (Å²) in [7, 11) is 0. The molecule has 0 aromatic carbocycles. The maximum atomic E-state index is 12.3. The summed E-state index contributed by atoms with van der Waals surface area (Å²) in [6, 6.07) is -0.978. The van der Waals surface area contributed by atoms with Gasteiger partial charge in [-0.25, -0.2) is 4.79 Å². The normalized spacial score (nSPS) is 23.1. The molecule has 0 saturated carbocycles. The lowest BCUT2D eigenvalue weighted by Gasteiger charge is -2.46. The molecule has 1 heterocycles. The second-order valence-corrected chi connectivity index (χ2v) is 7.80. The molecule has 1 rings (SSSR count). The molecule has 7 heteroatoms. The zero-order valence-corrected chi connectivity index (χ0v) is 14.9. The molecule has 0 bridgehead atoms. The van der Waals surface area contributed by atoms with Crippen LogP contribution < -0.4 is 0 Å². The number of likely N-dealkylation sites (tertiary alicyclic amines) is 1. The third kappa shape index (κ3) is 5.20. The fraction of sp³-hybridized carbons (Fsp3) is 0.812. The average molecular weight is 329 g/mol. The summed E-state index contributed by atoms with van der Waals surface area (Å²) in [5.41, 5.74) is -1.41. The quantitative estimate of drug-likeness (QED) is 0.608. The molecule has 7 nitrogen and oxygen atoms in total. The topological polar surface area (TPSA) is 93.1 Å². The van der Waals surface area contributed by atoms with E-state index in [1.54, 1.807) is 41.5 Å². The minimum atomic E-state index is -1.00. The second kappa shape index (κ2) is 6.47. The number of nitrogens with zero attached hydrogens (tertiary/aromatic N) is 1. The lowest BCUT2D eigenvalue weighted by Crippen LogP contribution is -2.69. The maximum absolute atomic E-state index is 12.3. The smallest absolute Gasteiger partial charge is 0.330 e. The number of esters is 2. The van der Waals surface area contributed by atoms with Gasteiger partial charge in [-0.15, -0.1) is 0 Å². The van der Waals surface area contributed by atoms with Crippen molar-refractivity contribution in [1.29, 1.82) is 0 Å². The second-order valence-electron chi connectivity index (χ2n) is 7.80. The number of rotatable bonds is 4. The number of aliphatic hydroxyl groups excluding tert-OH is 1. The highest BCUT2D eigenvalue weighted by Crippen LogP contribution is 2.31. The van der Waals surface area contributed by atoms with Crippen molar-refractivity contribution in [3.63, 3.8) is 0 Å². The van der Waals surface area contributed by atoms with Crippen LogP contribution in [0.4, 0.5) is 0 Å². The van der Waals surface area contributed by atoms with E-state index in [1.807, 2.05) is 0 Å². The fourth-order valence-corrected chi connectivity index (χ4v) is 2.37. The van der Waals surface area contributed by atoms with Crippen molar-refractivity contribution >= 4 is 17.8 Å². The van der Waals surface area contributed by atoms with E-state index in [2.05, 4.69) is 0 Å². The van der Waals surface area contributed by atoms with Crippen LogP contribution in [0.2, 0.25) is 0 Å². The summed E-state index contributed by atoms with van der Waals surface area (Å²) < 4.78 is 10.5. The summed E-state index contributed by atoms with van der Waals surface area (Å²) in [6.07, 6.45) is -1.00. The van der Waals surface area contributed by atoms with Gasteiger partial charge in [0.05, 0.1) is 12.0 Å². The van der Waals surface area contributed by atoms with Crippen LogP contribution in [-0.4, -0.2) is 57.7 Å². The Kier molecular flexibility index (Phi) is 5.46. The number of amides is 1. The van der Waals surface area contributed by atoms with Crippen molar-refractivity contribution in [1.82, 2.24) is 4.90 Å². The predicted octanol–water partition coefficient (Wildman–Crippen LogP) is 0.878. The number of hydrogen-bond donors (Lipinski definition) is 1. The first kappa shape index (κ1) is 19.4. The van der Waals surface area contributed by atoms with E-state index in [4.69, 9.17) is 9.47 Å². The van der Waals surface area contributed by atoms with Crippen molar-refractivity contribution < 1.29 is 29.0 Å². The molecule has 1 aliphatic rings. The first-order valence-corrected chi connectivity index (χ1v) is 7.66. The zero-order chi connectivity index (χ0) is 18.2. The van der Waals surface area contributed by atoms with Crippen LogP contribution in [0.5, 0.6) is 0 Å². The first-order valence-electron chi connectivity index (χ1n) is 7.66. The number of hydrogen-bond acceptors (Lipinski definition) is 6. The monoisotopic (exact) mass is 329 g/mol. The largest absolute Gasteiger partial charge is 0.459 e. The Morgan fingerprint density at radius 3 is 2.00 bits per heavy atom. The third-order valence-corrected chi connectivity index (χ3v) is 3.13. The van der Waals surface area contributed by atoms with Crippen molar-refractivity contribution in [3.8, 4) is 0 Å². The number of carbonyl (C=O) groups excluding carboxylic acids is 3. The first-order chi connectivity index (χ1) is 10.2. The predicted molar refractivity (Wildman–Crippen MR) is 82.4 cm³/mol. The number of ether oxygens (including phenoxy) is 2. The molecule has 0 spiro atoms. The number of aliphatic hydroxyl groups is 1. The van der Waals surface area contributed by atoms with Gasteiger partial charge < -0.3 is 19.5 Å². The highest BCUT2D eigenvalue weighted by molar-refractivity contribution is 5.99. The summed E-state index contributed by atoms with van der Waals surface area (Å²) in [4.78, 5) is 37.4. The van der Waals surface area contributed by atoms with Crippen molar-refractivity contribution in [2.45, 2.75) is 71.8 Å². The van der Waals surface area contributed by atoms with Crippen molar-refractivity contribution in [2.75, 3.05) is 6.54 Å². The Bertz CT molecular complexity index is 486. The Morgan fingerprint density at radius 2 is 1.61 bits per heavy atom. The molecule has 1 amide bonds. The maximum Gasteiger partial charge on any atom is 0.330 e. The van der Waals surface area contributed by atoms with E-state index in [-0.39, 0.29) is 6.54 Å². The standard InChI is InChI=1S/C16H27NO6/c1-9(18)11-12(14(21)23-16(5,6)7)17(13(11)20)8-10(19)22-15(2,3)4/h9,11-12,18H,8H2,1-7H3/t9?,11-,12+/m0/s1. The Hall–Kier alpha value is -1.63. The van der Waals surface area contributed by atoms with Crippen LogP contribution in [0.25, 0.3) is 0 Å². The van der Waals surface area contributed by atoms with Gasteiger partial charge in [0.2, 0.25) is 5.91 Å². The molecule has 1 saturated heterocycles. The molecular weight excluding hydrogens is 302 g/mol. The minimum Gasteiger partial charge on any atom is -0.459 e. The van der Waals surface area contributed by atoms with Gasteiger partial charge in [0.15, 0.2) is 0 Å². The molecule has 1 unspecified atom stereocenters. The van der Waals surface area contributed by atoms with E-state index >= 15 is 0 Å². The van der Waals surface area contributed by atoms with Gasteiger partial charge in [0, 0.05) is 0 Å². The van der Waals surface area contributed by atoms with E-state index < -0.39 is 47.1 Å². The van der Waals surface area contributed by atoms with Crippen LogP contribution in [0, 0.1) is 5.92 Å². The lowest BCUT2D eigenvalue weighted by molar-refractivity contribution is -0.190. The van der Waals surface area contributed by atoms with Gasteiger partial charge in [-0.05, 0) is 48.5 Å². The fourth-order valence-electron chi connectivity index (χ4n) is 2.37. The average Bonchev–Trinajstić information content (AvgIpc) is 2.27. The van der Waals surface area contributed by atoms with E-state index in [9.17, 15) is 19.5 Å². The molecule has 23 heavy (non-hydrogen) atoms. The molecule has 0 aliphatic carbocycles. The van der Waals surface area contributed by atoms with Crippen LogP contribution in [-0.2, 0) is 23.9 Å². The lowest BCUT2D eigenvalue weighted by atomic mass is 9.83. The Labute approximate surface area is 136 Å². The summed E-state index contributed by atoms with van der Waals surface area (Å²) in [5.74, 6) is -2.59. The van der Waals surface area contributed by atoms with Crippen molar-refractivity contribution in [2.24, 2.45) is 5.92 Å². The van der Waals surface area contributed by atoms with E-state index in [1.165, 1.54) is 6.92 Å². The molecular formula is C16H27NO6. The van der Waals surface area contributed by atoms with Gasteiger partial charge >= 0.3 is 11.9 Å². The molecule has 0 aromatic heterocycles. The van der Waals surface area contributed by atoms with E-state index in [0.717, 1.165) is 4.90 Å². The van der Waals surface area contributed by atoms with Gasteiger partial charge in [0.25, 0.3) is 0 Å². The third-order valence-electron chi connectivity index (χ3n) is 3.13. The van der Waals surface area contributed by atoms with Gasteiger partial charge in [-0.2, -0.15) is 0 Å². The summed E-state index contributed by atoms with van der Waals surface area (Å²) in [5, 5.41) is 9.73. The van der Waals surface area contributed by atoms with Gasteiger partial charge in [-0.3, -0.25) is 9.59 Å². The summed E-state index contributed by atoms with van der Waals surface area (Å²) in [6.45, 7) is 11.4. The van der Waals surface area contributed by atoms with E-state index in [0.29, 0.717) is 0 Å².